The van der Waals surface area contributed by atoms with E-state index in [1.165, 1.54) is 0 Å². The molecule has 6 nitrogen and oxygen atoms in total. The van der Waals surface area contributed by atoms with Crippen LogP contribution in [-0.2, 0) is 4.74 Å². The van der Waals surface area contributed by atoms with Gasteiger partial charge in [0.1, 0.15) is 0 Å². The second kappa shape index (κ2) is 14.5. The van der Waals surface area contributed by atoms with Crippen molar-refractivity contribution in [1.82, 2.24) is 15.5 Å². The summed E-state index contributed by atoms with van der Waals surface area (Å²) in [4.78, 5) is 6.94. The second-order valence-corrected chi connectivity index (χ2v) is 5.98. The van der Waals surface area contributed by atoms with Crippen molar-refractivity contribution in [2.75, 3.05) is 65.3 Å². The van der Waals surface area contributed by atoms with E-state index in [1.807, 2.05) is 18.2 Å². The highest BCUT2D eigenvalue weighted by Crippen LogP contribution is 2.04. The Morgan fingerprint density at radius 2 is 1.88 bits per heavy atom. The molecule has 142 valence electrons. The zero-order chi connectivity index (χ0) is 18.2. The first-order chi connectivity index (χ1) is 12.3. The van der Waals surface area contributed by atoms with Gasteiger partial charge in [0.2, 0.25) is 0 Å². The topological polar surface area (TPSA) is 60.9 Å². The number of rotatable bonds is 13. The summed E-state index contributed by atoms with van der Waals surface area (Å²) in [5.74, 6) is 0.896. The largest absolute Gasteiger partial charge is 0.385 e. The average Bonchev–Trinajstić information content (AvgIpc) is 2.62. The normalized spacial score (nSPS) is 11.6. The molecule has 0 radical (unpaired) electrons. The van der Waals surface area contributed by atoms with Crippen LogP contribution in [0.4, 0.5) is 5.69 Å². The number of methoxy groups -OCH3 is 1. The van der Waals surface area contributed by atoms with E-state index in [9.17, 15) is 0 Å². The Kier molecular flexibility index (Phi) is 12.4. The molecule has 1 aromatic carbocycles. The minimum absolute atomic E-state index is 0.804. The van der Waals surface area contributed by atoms with Gasteiger partial charge in [-0.3, -0.25) is 4.99 Å². The Bertz CT molecular complexity index is 452. The molecule has 1 aromatic rings. The molecule has 0 heterocycles. The molecule has 0 fully saturated rings. The quantitative estimate of drug-likeness (QED) is 0.289. The third-order valence-electron chi connectivity index (χ3n) is 3.73. The van der Waals surface area contributed by atoms with Crippen molar-refractivity contribution in [3.63, 3.8) is 0 Å². The number of hydrogen-bond donors (Lipinski definition) is 3. The van der Waals surface area contributed by atoms with Crippen molar-refractivity contribution < 1.29 is 4.74 Å². The zero-order valence-corrected chi connectivity index (χ0v) is 16.1. The summed E-state index contributed by atoms with van der Waals surface area (Å²) in [5.41, 5.74) is 1.16. The molecule has 0 aliphatic rings. The van der Waals surface area contributed by atoms with Crippen molar-refractivity contribution in [2.24, 2.45) is 4.99 Å². The van der Waals surface area contributed by atoms with E-state index < -0.39 is 0 Å². The van der Waals surface area contributed by atoms with Crippen molar-refractivity contribution in [3.8, 4) is 0 Å². The number of para-hydroxylation sites is 1. The van der Waals surface area contributed by atoms with Gasteiger partial charge in [0.05, 0.1) is 0 Å². The minimum atomic E-state index is 0.804. The van der Waals surface area contributed by atoms with E-state index in [0.717, 1.165) is 70.4 Å². The Morgan fingerprint density at radius 1 is 1.08 bits per heavy atom. The maximum atomic E-state index is 5.08. The fourth-order valence-corrected chi connectivity index (χ4v) is 2.36. The van der Waals surface area contributed by atoms with Crippen LogP contribution in [0.5, 0.6) is 0 Å². The number of benzene rings is 1. The summed E-state index contributed by atoms with van der Waals surface area (Å²) in [6.07, 6.45) is 2.07. The molecule has 0 bridgehead atoms. The summed E-state index contributed by atoms with van der Waals surface area (Å²) < 4.78 is 5.08. The lowest BCUT2D eigenvalue weighted by atomic mass is 10.3. The third-order valence-corrected chi connectivity index (χ3v) is 3.73. The first kappa shape index (κ1) is 21.3. The predicted octanol–water partition coefficient (Wildman–Crippen LogP) is 2.01. The molecular weight excluding hydrogens is 314 g/mol. The molecule has 1 rings (SSSR count). The Labute approximate surface area is 153 Å². The van der Waals surface area contributed by atoms with E-state index in [4.69, 9.17) is 4.74 Å². The molecule has 0 spiro atoms. The van der Waals surface area contributed by atoms with Crippen molar-refractivity contribution in [3.05, 3.63) is 30.3 Å². The van der Waals surface area contributed by atoms with Crippen LogP contribution in [0.3, 0.4) is 0 Å². The molecule has 0 saturated heterocycles. The van der Waals surface area contributed by atoms with Crippen LogP contribution in [0.25, 0.3) is 0 Å². The summed E-state index contributed by atoms with van der Waals surface area (Å²) in [6.45, 7) is 8.44. The first-order valence-electron chi connectivity index (χ1n) is 9.24. The van der Waals surface area contributed by atoms with E-state index in [2.05, 4.69) is 51.9 Å². The lowest BCUT2D eigenvalue weighted by Gasteiger charge is -2.18. The molecule has 0 aromatic heterocycles. The molecular formula is C19H35N5O. The van der Waals surface area contributed by atoms with Gasteiger partial charge in [0.15, 0.2) is 5.96 Å². The van der Waals surface area contributed by atoms with Gasteiger partial charge in [-0.25, -0.2) is 0 Å². The number of nitrogens with zero attached hydrogens (tertiary/aromatic N) is 2. The standard InChI is InChI=1S/C19H35N5O/c1-4-20-19(23-14-16-24(2)15-9-17-25-3)22-13-8-12-21-18-10-6-5-7-11-18/h5-7,10-11,21H,4,8-9,12-17H2,1-3H3,(H2,20,22,23). The minimum Gasteiger partial charge on any atom is -0.385 e. The molecule has 0 amide bonds. The van der Waals surface area contributed by atoms with Gasteiger partial charge < -0.3 is 25.6 Å². The van der Waals surface area contributed by atoms with Gasteiger partial charge >= 0.3 is 0 Å². The summed E-state index contributed by atoms with van der Waals surface area (Å²) >= 11 is 0. The van der Waals surface area contributed by atoms with E-state index in [0.29, 0.717) is 0 Å². The number of aliphatic imine (C=N–C) groups is 1. The van der Waals surface area contributed by atoms with Gasteiger partial charge in [0.25, 0.3) is 0 Å². The summed E-state index contributed by atoms with van der Waals surface area (Å²) in [7, 11) is 3.88. The Balaban J connectivity index is 2.17. The molecule has 6 heteroatoms. The molecule has 25 heavy (non-hydrogen) atoms. The number of nitrogens with one attached hydrogen (secondary N) is 3. The SMILES string of the molecule is CCNC(=NCCCNc1ccccc1)NCCN(C)CCCOC. The van der Waals surface area contributed by atoms with Crippen LogP contribution in [-0.4, -0.2) is 70.9 Å². The van der Waals surface area contributed by atoms with Gasteiger partial charge in [-0.15, -0.1) is 0 Å². The van der Waals surface area contributed by atoms with Crippen LogP contribution < -0.4 is 16.0 Å². The maximum absolute atomic E-state index is 5.08. The highest BCUT2D eigenvalue weighted by atomic mass is 16.5. The number of ether oxygens (including phenoxy) is 1. The molecule has 0 aliphatic heterocycles. The molecule has 0 unspecified atom stereocenters. The average molecular weight is 350 g/mol. The van der Waals surface area contributed by atoms with Crippen molar-refractivity contribution in [2.45, 2.75) is 19.8 Å². The van der Waals surface area contributed by atoms with E-state index in [-0.39, 0.29) is 0 Å². The van der Waals surface area contributed by atoms with Gasteiger partial charge in [-0.1, -0.05) is 18.2 Å². The lowest BCUT2D eigenvalue weighted by Crippen LogP contribution is -2.41. The lowest BCUT2D eigenvalue weighted by molar-refractivity contribution is 0.180. The van der Waals surface area contributed by atoms with Crippen LogP contribution in [0, 0.1) is 0 Å². The van der Waals surface area contributed by atoms with Crippen LogP contribution in [0.2, 0.25) is 0 Å². The number of hydrogen-bond acceptors (Lipinski definition) is 4. The number of likely N-dealkylation sites (N-methyl/N-ethyl adjacent to an activating group) is 1. The number of anilines is 1. The zero-order valence-electron chi connectivity index (χ0n) is 16.1. The van der Waals surface area contributed by atoms with Crippen LogP contribution in [0.15, 0.2) is 35.3 Å². The van der Waals surface area contributed by atoms with Crippen LogP contribution in [0.1, 0.15) is 19.8 Å². The van der Waals surface area contributed by atoms with E-state index in [1.54, 1.807) is 7.11 Å². The highest BCUT2D eigenvalue weighted by molar-refractivity contribution is 5.79. The molecule has 0 saturated carbocycles. The Morgan fingerprint density at radius 3 is 2.60 bits per heavy atom. The van der Waals surface area contributed by atoms with Crippen molar-refractivity contribution >= 4 is 11.6 Å². The summed E-state index contributed by atoms with van der Waals surface area (Å²) in [6, 6.07) is 10.3. The summed E-state index contributed by atoms with van der Waals surface area (Å²) in [5, 5.41) is 10.1. The van der Waals surface area contributed by atoms with Gasteiger partial charge in [0, 0.05) is 58.7 Å². The van der Waals surface area contributed by atoms with Crippen molar-refractivity contribution in [1.29, 1.82) is 0 Å². The molecule has 0 aliphatic carbocycles. The second-order valence-electron chi connectivity index (χ2n) is 5.98. The fraction of sp³-hybridized carbons (Fsp3) is 0.632. The first-order valence-corrected chi connectivity index (χ1v) is 9.24. The van der Waals surface area contributed by atoms with Gasteiger partial charge in [-0.2, -0.15) is 0 Å². The molecule has 3 N–H and O–H groups in total. The monoisotopic (exact) mass is 349 g/mol. The Hall–Kier alpha value is -1.79. The smallest absolute Gasteiger partial charge is 0.191 e. The van der Waals surface area contributed by atoms with E-state index >= 15 is 0 Å². The van der Waals surface area contributed by atoms with Crippen LogP contribution >= 0.6 is 0 Å². The predicted molar refractivity (Wildman–Crippen MR) is 108 cm³/mol. The third kappa shape index (κ3) is 11.4. The number of guanidine groups is 1. The maximum Gasteiger partial charge on any atom is 0.191 e. The highest BCUT2D eigenvalue weighted by Gasteiger charge is 2.00. The van der Waals surface area contributed by atoms with Gasteiger partial charge in [-0.05, 0) is 38.9 Å². The molecule has 0 atom stereocenters. The fourth-order valence-electron chi connectivity index (χ4n) is 2.36.